The highest BCUT2D eigenvalue weighted by molar-refractivity contribution is 6.08. The van der Waals surface area contributed by atoms with Gasteiger partial charge in [-0.05, 0) is 56.9 Å². The van der Waals surface area contributed by atoms with Gasteiger partial charge in [0.15, 0.2) is 0 Å². The molecule has 29 heavy (non-hydrogen) atoms. The summed E-state index contributed by atoms with van der Waals surface area (Å²) in [6, 6.07) is 10.6. The van der Waals surface area contributed by atoms with E-state index in [2.05, 4.69) is 16.1 Å². The van der Waals surface area contributed by atoms with Crippen molar-refractivity contribution >= 4 is 23.7 Å². The highest BCUT2D eigenvalue weighted by Crippen LogP contribution is 2.23. The van der Waals surface area contributed by atoms with Gasteiger partial charge in [-0.3, -0.25) is 4.79 Å². The van der Waals surface area contributed by atoms with E-state index in [1.165, 1.54) is 12.1 Å². The first kappa shape index (κ1) is 20.3. The Balaban J connectivity index is 1.64. The molecular formula is C21H23FN4O3. The maximum Gasteiger partial charge on any atom is 0.344 e. The number of aryl methyl sites for hydroxylation is 3. The maximum atomic E-state index is 13.9. The van der Waals surface area contributed by atoms with Gasteiger partial charge in [0.25, 0.3) is 5.91 Å². The Hall–Kier alpha value is -3.42. The fourth-order valence-corrected chi connectivity index (χ4v) is 3.19. The van der Waals surface area contributed by atoms with Gasteiger partial charge in [-0.1, -0.05) is 35.9 Å². The van der Waals surface area contributed by atoms with Crippen LogP contribution in [0.15, 0.2) is 42.5 Å². The van der Waals surface area contributed by atoms with Gasteiger partial charge in [-0.2, -0.15) is 5.01 Å². The number of anilines is 1. The van der Waals surface area contributed by atoms with Crippen molar-refractivity contribution in [2.24, 2.45) is 0 Å². The lowest BCUT2D eigenvalue weighted by Gasteiger charge is -2.21. The van der Waals surface area contributed by atoms with Crippen LogP contribution in [-0.2, 0) is 11.2 Å². The summed E-state index contributed by atoms with van der Waals surface area (Å²) in [6.45, 7) is 5.31. The third-order valence-electron chi connectivity index (χ3n) is 4.84. The summed E-state index contributed by atoms with van der Waals surface area (Å²) in [4.78, 5) is 37.2. The summed E-state index contributed by atoms with van der Waals surface area (Å²) in [5, 5.41) is 5.54. The van der Waals surface area contributed by atoms with Crippen molar-refractivity contribution in [1.29, 1.82) is 0 Å². The average Bonchev–Trinajstić information content (AvgIpc) is 2.86. The number of hydrazine groups is 1. The van der Waals surface area contributed by atoms with Crippen LogP contribution in [0.5, 0.6) is 0 Å². The Morgan fingerprint density at radius 2 is 1.86 bits per heavy atom. The normalized spacial score (nSPS) is 18.6. The van der Waals surface area contributed by atoms with E-state index >= 15 is 0 Å². The van der Waals surface area contributed by atoms with Crippen molar-refractivity contribution in [3.05, 3.63) is 65.0 Å². The number of imide groups is 1. The molecule has 0 saturated carbocycles. The Labute approximate surface area is 168 Å². The van der Waals surface area contributed by atoms with E-state index in [0.29, 0.717) is 23.4 Å². The van der Waals surface area contributed by atoms with Crippen molar-refractivity contribution in [2.45, 2.75) is 39.2 Å². The molecule has 1 aliphatic heterocycles. The number of hydrogen-bond donors (Lipinski definition) is 3. The number of rotatable bonds is 5. The zero-order valence-corrected chi connectivity index (χ0v) is 16.5. The van der Waals surface area contributed by atoms with Crippen LogP contribution in [0.25, 0.3) is 0 Å². The monoisotopic (exact) mass is 398 g/mol. The molecule has 3 N–H and O–H groups in total. The molecule has 0 radical (unpaired) electrons. The smallest absolute Gasteiger partial charge is 0.322 e. The predicted molar refractivity (Wildman–Crippen MR) is 107 cm³/mol. The largest absolute Gasteiger partial charge is 0.344 e. The van der Waals surface area contributed by atoms with Gasteiger partial charge in [0, 0.05) is 0 Å². The van der Waals surface area contributed by atoms with Gasteiger partial charge in [0.2, 0.25) is 0 Å². The first-order valence-corrected chi connectivity index (χ1v) is 9.24. The molecule has 7 nitrogen and oxygen atoms in total. The highest BCUT2D eigenvalue weighted by Gasteiger charge is 2.48. The van der Waals surface area contributed by atoms with Crippen molar-refractivity contribution in [2.75, 3.05) is 5.32 Å². The third kappa shape index (κ3) is 4.53. The Morgan fingerprint density at radius 3 is 2.55 bits per heavy atom. The average molecular weight is 398 g/mol. The number of amides is 5. The van der Waals surface area contributed by atoms with E-state index in [0.717, 1.165) is 11.1 Å². The van der Waals surface area contributed by atoms with Crippen LogP contribution in [0.1, 0.15) is 30.0 Å². The second-order valence-corrected chi connectivity index (χ2v) is 7.44. The Bertz CT molecular complexity index is 978. The molecule has 1 unspecified atom stereocenters. The molecule has 8 heteroatoms. The topological polar surface area (TPSA) is 90.5 Å². The van der Waals surface area contributed by atoms with Crippen LogP contribution in [0.2, 0.25) is 0 Å². The zero-order chi connectivity index (χ0) is 21.2. The Kier molecular flexibility index (Phi) is 5.54. The van der Waals surface area contributed by atoms with Crippen LogP contribution in [0, 0.1) is 19.7 Å². The summed E-state index contributed by atoms with van der Waals surface area (Å²) in [7, 11) is 0. The van der Waals surface area contributed by atoms with E-state index in [4.69, 9.17) is 0 Å². The van der Waals surface area contributed by atoms with Gasteiger partial charge >= 0.3 is 12.1 Å². The SMILES string of the molecule is Cc1cccc(CCC2(C)NC(=O)N(NC(=O)Nc3ccc(C)cc3F)C2=O)c1. The molecule has 0 spiro atoms. The lowest BCUT2D eigenvalue weighted by Crippen LogP contribution is -2.50. The minimum atomic E-state index is -1.15. The van der Waals surface area contributed by atoms with Crippen LogP contribution in [0.4, 0.5) is 19.7 Å². The van der Waals surface area contributed by atoms with Crippen molar-refractivity contribution in [1.82, 2.24) is 15.8 Å². The van der Waals surface area contributed by atoms with Crippen LogP contribution in [0.3, 0.4) is 0 Å². The predicted octanol–water partition coefficient (Wildman–Crippen LogP) is 3.42. The van der Waals surface area contributed by atoms with Crippen LogP contribution < -0.4 is 16.1 Å². The highest BCUT2D eigenvalue weighted by atomic mass is 19.1. The molecule has 1 fully saturated rings. The molecule has 1 heterocycles. The molecule has 0 aliphatic carbocycles. The fraction of sp³-hybridized carbons (Fsp3) is 0.286. The number of benzene rings is 2. The third-order valence-corrected chi connectivity index (χ3v) is 4.84. The van der Waals surface area contributed by atoms with Gasteiger partial charge in [-0.15, -0.1) is 0 Å². The lowest BCUT2D eigenvalue weighted by atomic mass is 9.93. The minimum absolute atomic E-state index is 0.0534. The minimum Gasteiger partial charge on any atom is -0.322 e. The number of carbonyl (C=O) groups excluding carboxylic acids is 3. The summed E-state index contributed by atoms with van der Waals surface area (Å²) in [5.41, 5.74) is 3.84. The van der Waals surface area contributed by atoms with E-state index in [9.17, 15) is 18.8 Å². The van der Waals surface area contributed by atoms with Crippen LogP contribution >= 0.6 is 0 Å². The fourth-order valence-electron chi connectivity index (χ4n) is 3.19. The number of carbonyl (C=O) groups is 3. The molecular weight excluding hydrogens is 375 g/mol. The number of halogens is 1. The van der Waals surface area contributed by atoms with E-state index in [1.807, 2.05) is 31.2 Å². The van der Waals surface area contributed by atoms with E-state index < -0.39 is 29.3 Å². The molecule has 1 saturated heterocycles. The van der Waals surface area contributed by atoms with Crippen molar-refractivity contribution in [3.63, 3.8) is 0 Å². The Morgan fingerprint density at radius 1 is 1.14 bits per heavy atom. The number of urea groups is 2. The number of nitrogens with zero attached hydrogens (tertiary/aromatic N) is 1. The molecule has 0 aromatic heterocycles. The zero-order valence-electron chi connectivity index (χ0n) is 16.5. The van der Waals surface area contributed by atoms with Gasteiger partial charge in [0.1, 0.15) is 11.4 Å². The molecule has 5 amide bonds. The summed E-state index contributed by atoms with van der Waals surface area (Å²) in [6.07, 6.45) is 0.951. The van der Waals surface area contributed by atoms with Gasteiger partial charge in [0.05, 0.1) is 5.69 Å². The molecule has 0 bridgehead atoms. The maximum absolute atomic E-state index is 13.9. The molecule has 2 aromatic carbocycles. The van der Waals surface area contributed by atoms with Gasteiger partial charge in [-0.25, -0.2) is 19.4 Å². The number of hydrogen-bond acceptors (Lipinski definition) is 3. The second-order valence-electron chi connectivity index (χ2n) is 7.44. The van der Waals surface area contributed by atoms with Crippen molar-refractivity contribution < 1.29 is 18.8 Å². The van der Waals surface area contributed by atoms with Crippen molar-refractivity contribution in [3.8, 4) is 0 Å². The first-order chi connectivity index (χ1) is 13.7. The molecule has 1 atom stereocenters. The summed E-state index contributed by atoms with van der Waals surface area (Å²) in [5.74, 6) is -1.19. The molecule has 3 rings (SSSR count). The first-order valence-electron chi connectivity index (χ1n) is 9.24. The standard InChI is InChI=1S/C21H23FN4O3/c1-13-5-4-6-15(11-13)9-10-21(3)18(27)26(20(29)24-21)25-19(28)23-17-8-7-14(2)12-16(17)22/h4-8,11-12H,9-10H2,1-3H3,(H,24,29)(H2,23,25,28). The molecule has 152 valence electrons. The molecule has 1 aliphatic rings. The van der Waals surface area contributed by atoms with E-state index in [-0.39, 0.29) is 5.69 Å². The lowest BCUT2D eigenvalue weighted by molar-refractivity contribution is -0.132. The number of nitrogens with one attached hydrogen (secondary N) is 3. The van der Waals surface area contributed by atoms with Gasteiger partial charge < -0.3 is 10.6 Å². The summed E-state index contributed by atoms with van der Waals surface area (Å²) < 4.78 is 13.9. The second kappa shape index (κ2) is 7.90. The molecule has 2 aromatic rings. The quantitative estimate of drug-likeness (QED) is 0.674. The summed E-state index contributed by atoms with van der Waals surface area (Å²) >= 11 is 0. The van der Waals surface area contributed by atoms with E-state index in [1.54, 1.807) is 19.9 Å². The van der Waals surface area contributed by atoms with Crippen LogP contribution in [-0.4, -0.2) is 28.5 Å².